The van der Waals surface area contributed by atoms with E-state index in [1.807, 2.05) is 38.1 Å². The van der Waals surface area contributed by atoms with Gasteiger partial charge >= 0.3 is 0 Å². The molecule has 16 nitrogen and oxygen atoms in total. The lowest BCUT2D eigenvalue weighted by Crippen LogP contribution is -2.60. The molecular weight excluding hydrogens is 863 g/mol. The largest absolute Gasteiger partial charge is 0.461 e. The van der Waals surface area contributed by atoms with Gasteiger partial charge in [0.15, 0.2) is 0 Å². The fourth-order valence-electron chi connectivity index (χ4n) is 9.36. The van der Waals surface area contributed by atoms with E-state index in [2.05, 4.69) is 0 Å². The first-order valence-corrected chi connectivity index (χ1v) is 22.0. The van der Waals surface area contributed by atoms with Gasteiger partial charge in [-0.25, -0.2) is 0 Å². The van der Waals surface area contributed by atoms with Crippen molar-refractivity contribution in [2.45, 2.75) is 117 Å². The van der Waals surface area contributed by atoms with Crippen LogP contribution in [0.2, 0.25) is 0 Å². The van der Waals surface area contributed by atoms with Gasteiger partial charge in [0.05, 0.1) is 24.6 Å². The number of rotatable bonds is 12. The van der Waals surface area contributed by atoms with Gasteiger partial charge in [0.2, 0.25) is 24.4 Å². The van der Waals surface area contributed by atoms with Crippen molar-refractivity contribution in [3.05, 3.63) is 71.8 Å². The fourth-order valence-corrected chi connectivity index (χ4v) is 9.77. The number of aliphatic hydroxyl groups is 8. The van der Waals surface area contributed by atoms with Crippen molar-refractivity contribution in [3.8, 4) is 11.5 Å². The van der Waals surface area contributed by atoms with E-state index < -0.39 is 74.6 Å². The SMILES string of the molecule is C[C@@H](Cl)[C@@H]1CN(C(=O)CCCC(=O)N2C[C@@H]([C@@H](C)Cl)c3c2cc(O[C@@H]2OC(CO)[C@H](O)C(O)C2O)c2ccccc32)c2cc(O[C@@H]3OC(CO)[C@H](O)C(O)C3O)c3ccccc3c21. The molecule has 8 N–H and O–H groups in total. The molecule has 14 atom stereocenters. The standard InChI is InChI=1S/C45H52Cl2N2O14/c1-20(46)26-16-48(28-14-30(22-8-3-5-10-24(22)36(26)28)60-44-42(58)40(56)38(54)32(18-50)62-44)34(52)12-7-13-35(53)49-17-27(21(2)47)37-25-11-6-4-9-23(25)31(15-29(37)49)61-45-43(59)41(57)39(55)33(19-51)63-45/h3-6,8-11,14-15,20-21,26-27,32-33,38-45,50-51,54-59H,7,12-13,16-19H2,1-2H3/t20-,21-,26+,27+,32?,33?,38+,39+,40?,41?,42?,43?,44-,45-/m1/s1. The molecule has 2 amide bonds. The zero-order valence-corrected chi connectivity index (χ0v) is 36.0. The average Bonchev–Trinajstić information content (AvgIpc) is 3.87. The molecule has 18 heteroatoms. The van der Waals surface area contributed by atoms with E-state index >= 15 is 0 Å². The molecule has 2 saturated heterocycles. The predicted molar refractivity (Wildman–Crippen MR) is 231 cm³/mol. The van der Waals surface area contributed by atoms with Crippen LogP contribution < -0.4 is 19.3 Å². The number of carbonyl (C=O) groups excluding carboxylic acids is 2. The van der Waals surface area contributed by atoms with Crippen molar-refractivity contribution >= 4 is 67.9 Å². The maximum Gasteiger partial charge on any atom is 0.229 e. The van der Waals surface area contributed by atoms with Crippen LogP contribution in [0.1, 0.15) is 56.1 Å². The van der Waals surface area contributed by atoms with Gasteiger partial charge in [0, 0.05) is 71.4 Å². The highest BCUT2D eigenvalue weighted by Crippen LogP contribution is 2.50. The van der Waals surface area contributed by atoms with E-state index in [0.717, 1.165) is 21.9 Å². The van der Waals surface area contributed by atoms with Gasteiger partial charge in [-0.2, -0.15) is 0 Å². The third kappa shape index (κ3) is 8.34. The van der Waals surface area contributed by atoms with Crippen LogP contribution in [0.5, 0.6) is 11.5 Å². The molecule has 0 aromatic heterocycles. The molecule has 0 radical (unpaired) electrons. The Morgan fingerprint density at radius 3 is 1.33 bits per heavy atom. The summed E-state index contributed by atoms with van der Waals surface area (Å²) in [6.07, 6.45) is -14.9. The van der Waals surface area contributed by atoms with Crippen molar-refractivity contribution in [2.24, 2.45) is 0 Å². The van der Waals surface area contributed by atoms with Crippen LogP contribution in [-0.4, -0.2) is 151 Å². The van der Waals surface area contributed by atoms with Crippen LogP contribution in [0.3, 0.4) is 0 Å². The molecule has 8 rings (SSSR count). The van der Waals surface area contributed by atoms with Crippen LogP contribution in [0.4, 0.5) is 11.4 Å². The van der Waals surface area contributed by atoms with Crippen LogP contribution in [-0.2, 0) is 19.1 Å². The molecule has 4 aliphatic heterocycles. The van der Waals surface area contributed by atoms with Gasteiger partial charge in [-0.05, 0) is 42.2 Å². The Kier molecular flexibility index (Phi) is 13.4. The minimum atomic E-state index is -1.66. The van der Waals surface area contributed by atoms with Gasteiger partial charge in [-0.1, -0.05) is 48.5 Å². The van der Waals surface area contributed by atoms with Crippen molar-refractivity contribution in [3.63, 3.8) is 0 Å². The molecule has 6 unspecified atom stereocenters. The first-order chi connectivity index (χ1) is 30.1. The van der Waals surface area contributed by atoms with E-state index in [0.29, 0.717) is 22.1 Å². The number of aliphatic hydroxyl groups excluding tert-OH is 8. The minimum absolute atomic E-state index is 0.0104. The highest BCUT2D eigenvalue weighted by molar-refractivity contribution is 6.22. The quantitative estimate of drug-likeness (QED) is 0.0953. The van der Waals surface area contributed by atoms with Crippen molar-refractivity contribution in [2.75, 3.05) is 36.1 Å². The van der Waals surface area contributed by atoms with Gasteiger partial charge in [0.25, 0.3) is 0 Å². The van der Waals surface area contributed by atoms with E-state index in [1.54, 1.807) is 46.2 Å². The minimum Gasteiger partial charge on any atom is -0.461 e. The summed E-state index contributed by atoms with van der Waals surface area (Å²) in [7, 11) is 0. The van der Waals surface area contributed by atoms with E-state index in [-0.39, 0.29) is 78.3 Å². The van der Waals surface area contributed by atoms with E-state index in [1.165, 1.54) is 0 Å². The number of halogens is 2. The zero-order chi connectivity index (χ0) is 45.0. The van der Waals surface area contributed by atoms with Gasteiger partial charge < -0.3 is 69.6 Å². The Morgan fingerprint density at radius 2 is 0.984 bits per heavy atom. The summed E-state index contributed by atoms with van der Waals surface area (Å²) in [6.45, 7) is 2.93. The molecule has 2 fully saturated rings. The highest BCUT2D eigenvalue weighted by atomic mass is 35.5. The van der Waals surface area contributed by atoms with Gasteiger partial charge in [-0.3, -0.25) is 9.59 Å². The van der Waals surface area contributed by atoms with Crippen LogP contribution >= 0.6 is 23.2 Å². The third-order valence-corrected chi connectivity index (χ3v) is 13.4. The number of nitrogens with zero attached hydrogens (tertiary/aromatic N) is 2. The van der Waals surface area contributed by atoms with E-state index in [4.69, 9.17) is 42.1 Å². The molecule has 4 heterocycles. The van der Waals surface area contributed by atoms with Gasteiger partial charge in [-0.15, -0.1) is 23.2 Å². The summed E-state index contributed by atoms with van der Waals surface area (Å²) in [5.74, 6) is -0.640. The first-order valence-electron chi connectivity index (χ1n) is 21.1. The van der Waals surface area contributed by atoms with Crippen LogP contribution in [0, 0.1) is 0 Å². The molecule has 4 aliphatic rings. The topological polar surface area (TPSA) is 239 Å². The number of anilines is 2. The smallest absolute Gasteiger partial charge is 0.229 e. The number of alkyl halides is 2. The summed E-state index contributed by atoms with van der Waals surface area (Å²) in [5.41, 5.74) is 2.69. The molecule has 340 valence electrons. The maximum absolute atomic E-state index is 14.2. The molecule has 0 saturated carbocycles. The number of ether oxygens (including phenoxy) is 4. The van der Waals surface area contributed by atoms with Gasteiger partial charge in [0.1, 0.15) is 60.3 Å². The summed E-state index contributed by atoms with van der Waals surface area (Å²) >= 11 is 13.5. The molecule has 4 aromatic rings. The van der Waals surface area contributed by atoms with E-state index in [9.17, 15) is 50.4 Å². The third-order valence-electron chi connectivity index (χ3n) is 12.8. The fraction of sp³-hybridized carbons (Fsp3) is 0.511. The molecule has 0 spiro atoms. The Bertz CT molecular complexity index is 2170. The lowest BCUT2D eigenvalue weighted by Gasteiger charge is -2.39. The number of hydrogen-bond donors (Lipinski definition) is 8. The number of hydrogen-bond acceptors (Lipinski definition) is 14. The van der Waals surface area contributed by atoms with Crippen molar-refractivity contribution < 1.29 is 69.4 Å². The number of amides is 2. The Balaban J connectivity index is 1.04. The molecule has 0 bridgehead atoms. The second kappa shape index (κ2) is 18.5. The molecule has 4 aromatic carbocycles. The van der Waals surface area contributed by atoms with Crippen LogP contribution in [0.25, 0.3) is 21.5 Å². The Labute approximate surface area is 372 Å². The second-order valence-corrected chi connectivity index (χ2v) is 18.1. The summed E-state index contributed by atoms with van der Waals surface area (Å²) in [6, 6.07) is 18.0. The number of fused-ring (bicyclic) bond motifs is 6. The first kappa shape index (κ1) is 45.7. The Hall–Kier alpha value is -3.88. The summed E-state index contributed by atoms with van der Waals surface area (Å²) in [5, 5.41) is 84.6. The Morgan fingerprint density at radius 1 is 0.619 bits per heavy atom. The number of carbonyl (C=O) groups is 2. The number of benzene rings is 4. The predicted octanol–water partition coefficient (Wildman–Crippen LogP) is 2.34. The monoisotopic (exact) mass is 914 g/mol. The van der Waals surface area contributed by atoms with Crippen LogP contribution in [0.15, 0.2) is 60.7 Å². The molecular formula is C45H52Cl2N2O14. The molecule has 63 heavy (non-hydrogen) atoms. The highest BCUT2D eigenvalue weighted by Gasteiger charge is 2.47. The zero-order valence-electron chi connectivity index (χ0n) is 34.5. The normalized spacial score (nSPS) is 31.5. The second-order valence-electron chi connectivity index (χ2n) is 16.8. The lowest BCUT2D eigenvalue weighted by atomic mass is 9.92. The maximum atomic E-state index is 14.2. The lowest BCUT2D eigenvalue weighted by molar-refractivity contribution is -0.277. The molecule has 0 aliphatic carbocycles. The summed E-state index contributed by atoms with van der Waals surface area (Å²) < 4.78 is 23.6. The van der Waals surface area contributed by atoms with Crippen molar-refractivity contribution in [1.82, 2.24) is 0 Å². The average molecular weight is 916 g/mol. The van der Waals surface area contributed by atoms with Crippen molar-refractivity contribution in [1.29, 1.82) is 0 Å². The summed E-state index contributed by atoms with van der Waals surface area (Å²) in [4.78, 5) is 31.6.